The molecule has 0 atom stereocenters. The van der Waals surface area contributed by atoms with Gasteiger partial charge in [0.05, 0.1) is 24.8 Å². The first-order valence-corrected chi connectivity index (χ1v) is 9.44. The molecule has 3 rings (SSSR count). The van der Waals surface area contributed by atoms with Crippen molar-refractivity contribution in [1.29, 1.82) is 0 Å². The van der Waals surface area contributed by atoms with Gasteiger partial charge in [0.2, 0.25) is 9.84 Å². The number of sulfone groups is 1. The Kier molecular flexibility index (Phi) is 4.57. The fourth-order valence-electron chi connectivity index (χ4n) is 2.50. The molecule has 2 aromatic carbocycles. The van der Waals surface area contributed by atoms with Crippen LogP contribution in [0.2, 0.25) is 0 Å². The zero-order valence-corrected chi connectivity index (χ0v) is 15.8. The van der Waals surface area contributed by atoms with E-state index >= 15 is 0 Å². The topological polar surface area (TPSA) is 72.9 Å². The summed E-state index contributed by atoms with van der Waals surface area (Å²) in [7, 11) is -1.26. The molecule has 0 fully saturated rings. The second-order valence-corrected chi connectivity index (χ2v) is 7.97. The third-order valence-corrected chi connectivity index (χ3v) is 6.01. The van der Waals surface area contributed by atoms with Crippen molar-refractivity contribution >= 4 is 43.1 Å². The summed E-state index contributed by atoms with van der Waals surface area (Å²) in [5, 5.41) is 0. The van der Waals surface area contributed by atoms with Gasteiger partial charge < -0.3 is 14.4 Å². The van der Waals surface area contributed by atoms with Gasteiger partial charge in [-0.05, 0) is 42.5 Å². The van der Waals surface area contributed by atoms with Gasteiger partial charge in [0.15, 0.2) is 4.91 Å². The zero-order chi connectivity index (χ0) is 18.2. The number of carbonyl (C=O) groups is 1. The molecule has 0 bridgehead atoms. The highest BCUT2D eigenvalue weighted by molar-refractivity contribution is 9.10. The van der Waals surface area contributed by atoms with Crippen molar-refractivity contribution in [3.05, 3.63) is 58.0 Å². The molecule has 2 aromatic rings. The number of methoxy groups -OCH3 is 2. The highest BCUT2D eigenvalue weighted by Crippen LogP contribution is 2.41. The van der Waals surface area contributed by atoms with Crippen molar-refractivity contribution in [2.75, 3.05) is 19.1 Å². The highest BCUT2D eigenvalue weighted by atomic mass is 79.9. The summed E-state index contributed by atoms with van der Waals surface area (Å²) in [5.74, 6) is -0.243. The largest absolute Gasteiger partial charge is 0.497 e. The Morgan fingerprint density at radius 3 is 2.36 bits per heavy atom. The van der Waals surface area contributed by atoms with Gasteiger partial charge in [0, 0.05) is 16.4 Å². The van der Waals surface area contributed by atoms with Crippen LogP contribution < -0.4 is 9.64 Å². The number of halogens is 1. The molecule has 1 aliphatic heterocycles. The summed E-state index contributed by atoms with van der Waals surface area (Å²) >= 11 is 3.35. The number of esters is 1. The quantitative estimate of drug-likeness (QED) is 0.704. The van der Waals surface area contributed by atoms with E-state index in [1.165, 1.54) is 12.3 Å². The van der Waals surface area contributed by atoms with Crippen LogP contribution in [0.25, 0.3) is 0 Å². The number of fused-ring (bicyclic) bond motifs is 1. The second-order valence-electron chi connectivity index (χ2n) is 5.17. The van der Waals surface area contributed by atoms with Gasteiger partial charge in [0.25, 0.3) is 0 Å². The lowest BCUT2D eigenvalue weighted by Crippen LogP contribution is -2.26. The van der Waals surface area contributed by atoms with Crippen LogP contribution in [0.1, 0.15) is 0 Å². The van der Waals surface area contributed by atoms with Gasteiger partial charge >= 0.3 is 5.97 Å². The van der Waals surface area contributed by atoms with Gasteiger partial charge in [-0.15, -0.1) is 0 Å². The molecule has 1 aliphatic rings. The predicted molar refractivity (Wildman–Crippen MR) is 96.6 cm³/mol. The van der Waals surface area contributed by atoms with Gasteiger partial charge in [-0.3, -0.25) is 0 Å². The minimum Gasteiger partial charge on any atom is -0.497 e. The molecule has 0 unspecified atom stereocenters. The number of benzene rings is 2. The standard InChI is InChI=1S/C17H14BrNO5S/c1-23-13-6-4-12(5-7-13)19-10-16(17(20)24-2)25(21,22)15-8-3-11(18)9-14(15)19/h3-10H,1-2H3. The Balaban J connectivity index is 2.24. The number of nitrogens with zero attached hydrogens (tertiary/aromatic N) is 1. The normalized spacial score (nSPS) is 15.2. The fourth-order valence-corrected chi connectivity index (χ4v) is 4.31. The van der Waals surface area contributed by atoms with Crippen LogP contribution in [0.3, 0.4) is 0 Å². The maximum absolute atomic E-state index is 12.8. The maximum Gasteiger partial charge on any atom is 0.351 e. The van der Waals surface area contributed by atoms with Crippen molar-refractivity contribution in [3.8, 4) is 5.75 Å². The average Bonchev–Trinajstić information content (AvgIpc) is 2.61. The van der Waals surface area contributed by atoms with E-state index < -0.39 is 20.7 Å². The minimum atomic E-state index is -3.97. The Morgan fingerprint density at radius 1 is 1.08 bits per heavy atom. The number of hydrogen-bond donors (Lipinski definition) is 0. The molecule has 8 heteroatoms. The van der Waals surface area contributed by atoms with E-state index in [9.17, 15) is 13.2 Å². The first-order chi connectivity index (χ1) is 11.9. The van der Waals surface area contributed by atoms with Crippen LogP contribution in [0.4, 0.5) is 11.4 Å². The molecule has 0 spiro atoms. The van der Waals surface area contributed by atoms with Crippen LogP contribution in [0.15, 0.2) is 62.9 Å². The maximum atomic E-state index is 12.8. The van der Waals surface area contributed by atoms with Gasteiger partial charge in [-0.25, -0.2) is 13.2 Å². The molecule has 0 amide bonds. The summed E-state index contributed by atoms with van der Waals surface area (Å²) < 4.78 is 36.0. The number of rotatable bonds is 3. The molecule has 6 nitrogen and oxygen atoms in total. The lowest BCUT2D eigenvalue weighted by Gasteiger charge is -2.28. The molecule has 0 N–H and O–H groups in total. The van der Waals surface area contributed by atoms with E-state index in [4.69, 9.17) is 4.74 Å². The van der Waals surface area contributed by atoms with E-state index in [0.29, 0.717) is 17.1 Å². The third kappa shape index (κ3) is 3.03. The minimum absolute atomic E-state index is 0.0365. The van der Waals surface area contributed by atoms with Crippen LogP contribution in [0.5, 0.6) is 5.75 Å². The Labute approximate surface area is 153 Å². The van der Waals surface area contributed by atoms with Crippen molar-refractivity contribution < 1.29 is 22.7 Å². The van der Waals surface area contributed by atoms with Gasteiger partial charge in [0.1, 0.15) is 5.75 Å². The first-order valence-electron chi connectivity index (χ1n) is 7.16. The molecule has 0 aromatic heterocycles. The van der Waals surface area contributed by atoms with Crippen molar-refractivity contribution in [2.45, 2.75) is 4.90 Å². The molecule has 0 saturated heterocycles. The molecular weight excluding hydrogens is 410 g/mol. The molecule has 25 heavy (non-hydrogen) atoms. The first kappa shape index (κ1) is 17.5. The van der Waals surface area contributed by atoms with Crippen LogP contribution in [-0.4, -0.2) is 28.6 Å². The highest BCUT2D eigenvalue weighted by Gasteiger charge is 2.36. The summed E-state index contributed by atoms with van der Waals surface area (Å²) in [4.78, 5) is 13.3. The molecule has 0 aliphatic carbocycles. The van der Waals surface area contributed by atoms with E-state index in [-0.39, 0.29) is 4.90 Å². The average molecular weight is 424 g/mol. The monoisotopic (exact) mass is 423 g/mol. The zero-order valence-electron chi connectivity index (χ0n) is 13.4. The lowest BCUT2D eigenvalue weighted by atomic mass is 10.2. The van der Waals surface area contributed by atoms with Crippen LogP contribution in [-0.2, 0) is 19.4 Å². The summed E-state index contributed by atoms with van der Waals surface area (Å²) in [6.07, 6.45) is 1.28. The third-order valence-electron chi connectivity index (χ3n) is 3.74. The van der Waals surface area contributed by atoms with Crippen molar-refractivity contribution in [3.63, 3.8) is 0 Å². The summed E-state index contributed by atoms with van der Waals surface area (Å²) in [6.45, 7) is 0. The smallest absolute Gasteiger partial charge is 0.351 e. The molecule has 130 valence electrons. The molecule has 0 radical (unpaired) electrons. The predicted octanol–water partition coefficient (Wildman–Crippen LogP) is 3.40. The number of hydrogen-bond acceptors (Lipinski definition) is 6. The van der Waals surface area contributed by atoms with Crippen LogP contribution >= 0.6 is 15.9 Å². The van der Waals surface area contributed by atoms with Crippen LogP contribution in [0, 0.1) is 0 Å². The lowest BCUT2D eigenvalue weighted by molar-refractivity contribution is -0.135. The van der Waals surface area contributed by atoms with E-state index in [1.54, 1.807) is 48.4 Å². The van der Waals surface area contributed by atoms with E-state index in [2.05, 4.69) is 20.7 Å². The molecule has 1 heterocycles. The fraction of sp³-hybridized carbons (Fsp3) is 0.118. The number of ether oxygens (including phenoxy) is 2. The summed E-state index contributed by atoms with van der Waals surface area (Å²) in [5.41, 5.74) is 1.11. The summed E-state index contributed by atoms with van der Waals surface area (Å²) in [6, 6.07) is 11.8. The Bertz CT molecular complexity index is 967. The van der Waals surface area contributed by atoms with E-state index in [0.717, 1.165) is 11.6 Å². The van der Waals surface area contributed by atoms with Gasteiger partial charge in [-0.2, -0.15) is 0 Å². The number of carbonyl (C=O) groups excluding carboxylic acids is 1. The van der Waals surface area contributed by atoms with Crippen molar-refractivity contribution in [2.24, 2.45) is 0 Å². The molecular formula is C17H14BrNO5S. The number of anilines is 2. The van der Waals surface area contributed by atoms with Crippen molar-refractivity contribution in [1.82, 2.24) is 0 Å². The second kappa shape index (κ2) is 6.53. The SMILES string of the molecule is COC(=O)C1=CN(c2ccc(OC)cc2)c2cc(Br)ccc2S1(=O)=O. The Morgan fingerprint density at radius 2 is 1.76 bits per heavy atom. The Hall–Kier alpha value is -2.32. The van der Waals surface area contributed by atoms with Gasteiger partial charge in [-0.1, -0.05) is 15.9 Å². The van der Waals surface area contributed by atoms with E-state index in [1.807, 2.05) is 0 Å². The molecule has 0 saturated carbocycles.